The average molecular weight is 456 g/mol. The molecule has 1 aliphatic heterocycles. The number of nitrogens with one attached hydrogen (secondary N) is 1. The largest absolute Gasteiger partial charge is 0.354 e. The van der Waals surface area contributed by atoms with Crippen molar-refractivity contribution >= 4 is 45.2 Å². The van der Waals surface area contributed by atoms with Gasteiger partial charge in [-0.15, -0.1) is 0 Å². The molecule has 0 aliphatic carbocycles. The number of halogens is 1. The van der Waals surface area contributed by atoms with Crippen molar-refractivity contribution in [3.8, 4) is 6.07 Å². The van der Waals surface area contributed by atoms with Crippen LogP contribution in [0.15, 0.2) is 63.6 Å². The number of nitrogens with zero attached hydrogens (tertiary/aromatic N) is 2. The Morgan fingerprint density at radius 1 is 1.21 bits per heavy atom. The predicted molar refractivity (Wildman–Crippen MR) is 115 cm³/mol. The Hall–Kier alpha value is -2.56. The fourth-order valence-corrected chi connectivity index (χ4v) is 4.45. The molecule has 1 fully saturated rings. The molecule has 0 radical (unpaired) electrons. The highest BCUT2D eigenvalue weighted by molar-refractivity contribution is 9.10. The normalized spacial score (nSPS) is 18.0. The van der Waals surface area contributed by atoms with E-state index in [4.69, 9.17) is 0 Å². The van der Waals surface area contributed by atoms with Crippen molar-refractivity contribution < 1.29 is 9.59 Å². The summed E-state index contributed by atoms with van der Waals surface area (Å²) in [5, 5.41) is 12.0. The van der Waals surface area contributed by atoms with Gasteiger partial charge in [0.15, 0.2) is 0 Å². The van der Waals surface area contributed by atoms with Crippen LogP contribution in [0.3, 0.4) is 0 Å². The molecule has 0 aromatic heterocycles. The zero-order valence-electron chi connectivity index (χ0n) is 15.4. The number of likely N-dealkylation sites (N-methyl/N-ethyl adjacent to an activating group) is 1. The van der Waals surface area contributed by atoms with E-state index in [0.717, 1.165) is 15.6 Å². The fourth-order valence-electron chi connectivity index (χ4n) is 2.88. The molecule has 3 rings (SSSR count). The van der Waals surface area contributed by atoms with Gasteiger partial charge in [0, 0.05) is 17.2 Å². The van der Waals surface area contributed by atoms with E-state index in [1.54, 1.807) is 12.1 Å². The van der Waals surface area contributed by atoms with E-state index in [9.17, 15) is 14.9 Å². The van der Waals surface area contributed by atoms with Gasteiger partial charge in [-0.25, -0.2) is 0 Å². The van der Waals surface area contributed by atoms with E-state index in [-0.39, 0.29) is 11.5 Å². The fraction of sp³-hybridized carbons (Fsp3) is 0.190. The minimum Gasteiger partial charge on any atom is -0.354 e. The second kappa shape index (κ2) is 8.63. The molecule has 142 valence electrons. The summed E-state index contributed by atoms with van der Waals surface area (Å²) < 4.78 is 0.879. The van der Waals surface area contributed by atoms with E-state index in [2.05, 4.69) is 21.2 Å². The third kappa shape index (κ3) is 4.13. The van der Waals surface area contributed by atoms with Gasteiger partial charge >= 0.3 is 0 Å². The number of nitriles is 1. The third-order valence-electron chi connectivity index (χ3n) is 4.36. The molecule has 1 aliphatic rings. The summed E-state index contributed by atoms with van der Waals surface area (Å²) in [4.78, 5) is 26.9. The van der Waals surface area contributed by atoms with Crippen LogP contribution in [0, 0.1) is 18.3 Å². The predicted octanol–water partition coefficient (Wildman–Crippen LogP) is 3.93. The van der Waals surface area contributed by atoms with Crippen LogP contribution in [0.25, 0.3) is 0 Å². The lowest BCUT2D eigenvalue weighted by molar-refractivity contribution is -0.117. The van der Waals surface area contributed by atoms with Crippen LogP contribution < -0.4 is 10.2 Å². The Kier molecular flexibility index (Phi) is 6.22. The summed E-state index contributed by atoms with van der Waals surface area (Å²) in [6, 6.07) is 17.2. The van der Waals surface area contributed by atoms with Gasteiger partial charge in [0.1, 0.15) is 16.7 Å². The van der Waals surface area contributed by atoms with E-state index in [0.29, 0.717) is 17.1 Å². The number of rotatable bonds is 4. The summed E-state index contributed by atoms with van der Waals surface area (Å²) in [6.07, 6.45) is 0.521. The lowest BCUT2D eigenvalue weighted by atomic mass is 10.1. The van der Waals surface area contributed by atoms with Gasteiger partial charge in [0.2, 0.25) is 5.91 Å². The first-order valence-corrected chi connectivity index (χ1v) is 10.3. The van der Waals surface area contributed by atoms with Gasteiger partial charge in [0.05, 0.1) is 5.25 Å². The van der Waals surface area contributed by atoms with Gasteiger partial charge in [-0.3, -0.25) is 14.5 Å². The van der Waals surface area contributed by atoms with E-state index < -0.39 is 11.2 Å². The number of aryl methyl sites for hydroxylation is 1. The van der Waals surface area contributed by atoms with E-state index in [1.165, 1.54) is 23.7 Å². The maximum Gasteiger partial charge on any atom is 0.264 e. The molecule has 1 saturated heterocycles. The molecule has 2 aromatic rings. The van der Waals surface area contributed by atoms with E-state index in [1.807, 2.05) is 49.4 Å². The summed E-state index contributed by atoms with van der Waals surface area (Å²) in [5.41, 5.74) is 2.75. The molecular formula is C21H18BrN3O2S. The first-order chi connectivity index (χ1) is 13.4. The highest BCUT2D eigenvalue weighted by Gasteiger charge is 2.40. The average Bonchev–Trinajstić information content (AvgIpc) is 3.00. The molecule has 2 amide bonds. The van der Waals surface area contributed by atoms with Crippen LogP contribution in [0.5, 0.6) is 0 Å². The Labute approximate surface area is 176 Å². The van der Waals surface area contributed by atoms with Gasteiger partial charge in [-0.1, -0.05) is 57.5 Å². The number of anilines is 1. The van der Waals surface area contributed by atoms with Crippen LogP contribution in [0.1, 0.15) is 11.1 Å². The Balaban J connectivity index is 2.03. The molecule has 1 N–H and O–H groups in total. The SMILES string of the molecule is CNC(=O)/C(C#N)=C1\SC(Cc2ccc(C)cc2)C(=O)N1c1ccc(Br)cc1. The molecule has 28 heavy (non-hydrogen) atoms. The van der Waals surface area contributed by atoms with Crippen LogP contribution in [-0.2, 0) is 16.0 Å². The van der Waals surface area contributed by atoms with Gasteiger partial charge < -0.3 is 5.32 Å². The number of amides is 2. The molecule has 1 atom stereocenters. The number of benzene rings is 2. The van der Waals surface area contributed by atoms with Crippen LogP contribution in [0.2, 0.25) is 0 Å². The zero-order valence-corrected chi connectivity index (χ0v) is 17.8. The molecule has 5 nitrogen and oxygen atoms in total. The third-order valence-corrected chi connectivity index (χ3v) is 6.15. The highest BCUT2D eigenvalue weighted by Crippen LogP contribution is 2.42. The molecule has 7 heteroatoms. The molecule has 0 saturated carbocycles. The van der Waals surface area contributed by atoms with Crippen molar-refractivity contribution in [2.24, 2.45) is 0 Å². The monoisotopic (exact) mass is 455 g/mol. The van der Waals surface area contributed by atoms with Crippen LogP contribution >= 0.6 is 27.7 Å². The number of hydrogen-bond donors (Lipinski definition) is 1. The molecule has 0 spiro atoms. The van der Waals surface area contributed by atoms with Crippen molar-refractivity contribution in [2.75, 3.05) is 11.9 Å². The molecule has 0 bridgehead atoms. The number of carbonyl (C=O) groups excluding carboxylic acids is 2. The number of hydrogen-bond acceptors (Lipinski definition) is 4. The second-order valence-corrected chi connectivity index (χ2v) is 8.42. The smallest absolute Gasteiger partial charge is 0.264 e. The van der Waals surface area contributed by atoms with Crippen molar-refractivity contribution in [2.45, 2.75) is 18.6 Å². The summed E-state index contributed by atoms with van der Waals surface area (Å²) in [7, 11) is 1.47. The van der Waals surface area contributed by atoms with Crippen molar-refractivity contribution in [1.82, 2.24) is 5.32 Å². The lowest BCUT2D eigenvalue weighted by Gasteiger charge is -2.18. The number of thioether (sulfide) groups is 1. The van der Waals surface area contributed by atoms with Crippen LogP contribution in [0.4, 0.5) is 5.69 Å². The summed E-state index contributed by atoms with van der Waals surface area (Å²) in [5.74, 6) is -0.643. The quantitative estimate of drug-likeness (QED) is 0.559. The van der Waals surface area contributed by atoms with Gasteiger partial charge in [-0.2, -0.15) is 5.26 Å². The van der Waals surface area contributed by atoms with Crippen molar-refractivity contribution in [3.05, 3.63) is 74.7 Å². The standard InChI is InChI=1S/C21H18BrN3O2S/c1-13-3-5-14(6-4-13)11-18-20(27)25(16-9-7-15(22)8-10-16)21(28-18)17(12-23)19(26)24-2/h3-10,18H,11H2,1-2H3,(H,24,26)/b21-17-. The summed E-state index contributed by atoms with van der Waals surface area (Å²) >= 11 is 4.65. The number of carbonyl (C=O) groups is 2. The minimum absolute atomic E-state index is 0.0600. The van der Waals surface area contributed by atoms with Crippen LogP contribution in [-0.4, -0.2) is 24.1 Å². The summed E-state index contributed by atoms with van der Waals surface area (Å²) in [6.45, 7) is 2.01. The maximum absolute atomic E-state index is 13.2. The highest BCUT2D eigenvalue weighted by atomic mass is 79.9. The molecule has 2 aromatic carbocycles. The first kappa shape index (κ1) is 20.2. The molecule has 1 unspecified atom stereocenters. The molecular weight excluding hydrogens is 438 g/mol. The van der Waals surface area contributed by atoms with Gasteiger partial charge in [-0.05, 0) is 43.2 Å². The second-order valence-electron chi connectivity index (χ2n) is 6.32. The Morgan fingerprint density at radius 3 is 2.43 bits per heavy atom. The first-order valence-electron chi connectivity index (χ1n) is 8.62. The Morgan fingerprint density at radius 2 is 1.86 bits per heavy atom. The lowest BCUT2D eigenvalue weighted by Crippen LogP contribution is -2.31. The molecule has 1 heterocycles. The van der Waals surface area contributed by atoms with E-state index >= 15 is 0 Å². The minimum atomic E-state index is -0.504. The van der Waals surface area contributed by atoms with Crippen molar-refractivity contribution in [3.63, 3.8) is 0 Å². The topological polar surface area (TPSA) is 73.2 Å². The van der Waals surface area contributed by atoms with Crippen molar-refractivity contribution in [1.29, 1.82) is 5.26 Å². The maximum atomic E-state index is 13.2. The van der Waals surface area contributed by atoms with Gasteiger partial charge in [0.25, 0.3) is 5.91 Å². The zero-order chi connectivity index (χ0) is 20.3. The Bertz CT molecular complexity index is 978.